The van der Waals surface area contributed by atoms with Crippen LogP contribution in [0.5, 0.6) is 0 Å². The van der Waals surface area contributed by atoms with E-state index >= 15 is 0 Å². The van der Waals surface area contributed by atoms with E-state index in [-0.39, 0.29) is 4.08 Å². The molecule has 0 N–H and O–H groups in total. The minimum Gasteiger partial charge on any atom is -0.337 e. The van der Waals surface area contributed by atoms with Gasteiger partial charge in [0.2, 0.25) is 0 Å². The lowest BCUT2D eigenvalue weighted by atomic mass is 10.1. The van der Waals surface area contributed by atoms with E-state index in [0.717, 1.165) is 31.4 Å². The Morgan fingerprint density at radius 2 is 2.00 bits per heavy atom. The second-order valence-corrected chi connectivity index (χ2v) is 10.8. The van der Waals surface area contributed by atoms with Gasteiger partial charge in [0.25, 0.3) is 0 Å². The summed E-state index contributed by atoms with van der Waals surface area (Å²) in [5, 5.41) is 2.59. The van der Waals surface area contributed by atoms with Gasteiger partial charge in [-0.15, -0.1) is 23.5 Å². The molecular formula is C17H19Cl3N2S2. The largest absolute Gasteiger partial charge is 0.337 e. The van der Waals surface area contributed by atoms with Crippen molar-refractivity contribution >= 4 is 58.3 Å². The van der Waals surface area contributed by atoms with Crippen LogP contribution in [-0.4, -0.2) is 24.6 Å². The monoisotopic (exact) mass is 420 g/mol. The van der Waals surface area contributed by atoms with Gasteiger partial charge >= 0.3 is 0 Å². The van der Waals surface area contributed by atoms with Crippen LogP contribution in [-0.2, 0) is 13.0 Å². The van der Waals surface area contributed by atoms with Crippen molar-refractivity contribution in [3.8, 4) is 0 Å². The zero-order valence-electron chi connectivity index (χ0n) is 13.3. The Balaban J connectivity index is 1.71. The summed E-state index contributed by atoms with van der Waals surface area (Å²) in [6.07, 6.45) is 8.75. The van der Waals surface area contributed by atoms with E-state index in [0.29, 0.717) is 20.3 Å². The van der Waals surface area contributed by atoms with Crippen molar-refractivity contribution in [3.05, 3.63) is 51.5 Å². The molecule has 2 aromatic rings. The molecule has 130 valence electrons. The van der Waals surface area contributed by atoms with Gasteiger partial charge in [0, 0.05) is 45.0 Å². The minimum absolute atomic E-state index is 0.204. The zero-order valence-corrected chi connectivity index (χ0v) is 17.2. The van der Waals surface area contributed by atoms with E-state index in [2.05, 4.69) is 40.0 Å². The normalized spacial score (nSPS) is 23.8. The van der Waals surface area contributed by atoms with Crippen molar-refractivity contribution in [2.24, 2.45) is 0 Å². The van der Waals surface area contributed by atoms with Crippen LogP contribution in [0.15, 0.2) is 30.9 Å². The molecule has 0 spiro atoms. The number of rotatable bonds is 6. The lowest BCUT2D eigenvalue weighted by Gasteiger charge is -2.28. The van der Waals surface area contributed by atoms with E-state index in [9.17, 15) is 0 Å². The van der Waals surface area contributed by atoms with Crippen LogP contribution in [0.25, 0.3) is 0 Å². The second kappa shape index (κ2) is 8.13. The molecule has 2 heterocycles. The fraction of sp³-hybridized carbons (Fsp3) is 0.471. The van der Waals surface area contributed by atoms with Gasteiger partial charge in [-0.3, -0.25) is 0 Å². The minimum atomic E-state index is 0.204. The van der Waals surface area contributed by atoms with E-state index in [1.54, 1.807) is 12.1 Å². The maximum Gasteiger partial charge on any atom is 0.0945 e. The number of nitrogens with zero attached hydrogens (tertiary/aromatic N) is 2. The summed E-state index contributed by atoms with van der Waals surface area (Å²) in [6, 6.07) is 3.56. The third-order valence-corrected chi connectivity index (χ3v) is 8.92. The lowest BCUT2D eigenvalue weighted by Crippen LogP contribution is -2.21. The van der Waals surface area contributed by atoms with Crippen LogP contribution in [0, 0.1) is 0 Å². The van der Waals surface area contributed by atoms with Crippen molar-refractivity contribution in [2.75, 3.05) is 5.75 Å². The van der Waals surface area contributed by atoms with Crippen molar-refractivity contribution in [1.82, 2.24) is 9.55 Å². The Hall–Kier alpha value is -0.000000000000000167. The Morgan fingerprint density at radius 1 is 1.25 bits per heavy atom. The standard InChI is InChI=1S/C17H19Cl3N2S2/c1-12-10-23-17(24-12,4-6-22-7-5-21-11-22)3-2-14-15(19)8-13(18)9-16(14)20/h5,7-9,11-12H,2-4,6,10H2,1H3. The molecule has 3 rings (SSSR count). The van der Waals surface area contributed by atoms with Gasteiger partial charge in [-0.05, 0) is 37.0 Å². The number of benzene rings is 1. The highest BCUT2D eigenvalue weighted by Crippen LogP contribution is 2.53. The van der Waals surface area contributed by atoms with E-state index in [4.69, 9.17) is 34.8 Å². The number of aromatic nitrogens is 2. The Labute approximate surface area is 166 Å². The molecule has 7 heteroatoms. The number of imidazole rings is 1. The predicted octanol–water partition coefficient (Wildman–Crippen LogP) is 6.43. The molecule has 0 radical (unpaired) electrons. The average Bonchev–Trinajstić information content (AvgIpc) is 3.14. The second-order valence-electron chi connectivity index (χ2n) is 6.05. The number of thioether (sulfide) groups is 2. The quantitative estimate of drug-likeness (QED) is 0.535. The summed E-state index contributed by atoms with van der Waals surface area (Å²) in [4.78, 5) is 4.13. The molecule has 1 aliphatic rings. The summed E-state index contributed by atoms with van der Waals surface area (Å²) in [5.41, 5.74) is 1.01. The van der Waals surface area contributed by atoms with Gasteiger partial charge in [0.05, 0.1) is 10.4 Å². The molecule has 1 aliphatic heterocycles. The van der Waals surface area contributed by atoms with Crippen molar-refractivity contribution in [3.63, 3.8) is 0 Å². The summed E-state index contributed by atoms with van der Waals surface area (Å²) in [6.45, 7) is 3.29. The number of halogens is 3. The summed E-state index contributed by atoms with van der Waals surface area (Å²) in [5.74, 6) is 1.19. The SMILES string of the molecule is CC1CSC(CCc2c(Cl)cc(Cl)cc2Cl)(CCn2ccnc2)S1. The molecule has 0 bridgehead atoms. The number of aryl methyl sites for hydroxylation is 1. The van der Waals surface area contributed by atoms with Crippen LogP contribution in [0.3, 0.4) is 0 Å². The smallest absolute Gasteiger partial charge is 0.0945 e. The molecule has 1 saturated heterocycles. The third-order valence-electron chi connectivity index (χ3n) is 4.17. The molecule has 0 amide bonds. The molecule has 2 unspecified atom stereocenters. The van der Waals surface area contributed by atoms with Crippen LogP contribution < -0.4 is 0 Å². The van der Waals surface area contributed by atoms with E-state index in [1.165, 1.54) is 5.75 Å². The van der Waals surface area contributed by atoms with Gasteiger partial charge < -0.3 is 4.57 Å². The number of hydrogen-bond acceptors (Lipinski definition) is 3. The van der Waals surface area contributed by atoms with Crippen LogP contribution in [0.1, 0.15) is 25.3 Å². The molecule has 0 aliphatic carbocycles. The van der Waals surface area contributed by atoms with Crippen LogP contribution in [0.4, 0.5) is 0 Å². The predicted molar refractivity (Wildman–Crippen MR) is 109 cm³/mol. The maximum absolute atomic E-state index is 6.36. The molecule has 0 saturated carbocycles. The fourth-order valence-electron chi connectivity index (χ4n) is 2.94. The molecule has 2 nitrogen and oxygen atoms in total. The van der Waals surface area contributed by atoms with Crippen molar-refractivity contribution in [2.45, 2.75) is 42.1 Å². The molecule has 24 heavy (non-hydrogen) atoms. The van der Waals surface area contributed by atoms with Gasteiger partial charge in [-0.25, -0.2) is 4.98 Å². The molecule has 2 atom stereocenters. The van der Waals surface area contributed by atoms with Gasteiger partial charge in [0.15, 0.2) is 0 Å². The van der Waals surface area contributed by atoms with Crippen LogP contribution in [0.2, 0.25) is 15.1 Å². The summed E-state index contributed by atoms with van der Waals surface area (Å²) < 4.78 is 2.35. The lowest BCUT2D eigenvalue weighted by molar-refractivity contribution is 0.574. The van der Waals surface area contributed by atoms with E-state index in [1.807, 2.05) is 18.7 Å². The average molecular weight is 422 g/mol. The first kappa shape index (κ1) is 18.8. The van der Waals surface area contributed by atoms with Crippen molar-refractivity contribution in [1.29, 1.82) is 0 Å². The molecule has 1 fully saturated rings. The first-order valence-corrected chi connectivity index (χ1v) is 10.9. The maximum atomic E-state index is 6.36. The first-order chi connectivity index (χ1) is 11.5. The summed E-state index contributed by atoms with van der Waals surface area (Å²) in [7, 11) is 0. The molecular weight excluding hydrogens is 403 g/mol. The van der Waals surface area contributed by atoms with Gasteiger partial charge in [-0.1, -0.05) is 41.7 Å². The fourth-order valence-corrected chi connectivity index (χ4v) is 7.57. The first-order valence-electron chi connectivity index (χ1n) is 7.88. The summed E-state index contributed by atoms with van der Waals surface area (Å²) >= 11 is 22.9. The highest BCUT2D eigenvalue weighted by atomic mass is 35.5. The highest BCUT2D eigenvalue weighted by molar-refractivity contribution is 8.21. The Morgan fingerprint density at radius 3 is 2.58 bits per heavy atom. The van der Waals surface area contributed by atoms with Crippen molar-refractivity contribution < 1.29 is 0 Å². The topological polar surface area (TPSA) is 17.8 Å². The van der Waals surface area contributed by atoms with Crippen LogP contribution >= 0.6 is 58.3 Å². The zero-order chi connectivity index (χ0) is 17.2. The van der Waals surface area contributed by atoms with Gasteiger partial charge in [-0.2, -0.15) is 0 Å². The Bertz CT molecular complexity index is 670. The number of hydrogen-bond donors (Lipinski definition) is 0. The molecule has 1 aromatic heterocycles. The molecule has 1 aromatic carbocycles. The highest BCUT2D eigenvalue weighted by Gasteiger charge is 2.38. The van der Waals surface area contributed by atoms with Gasteiger partial charge in [0.1, 0.15) is 0 Å². The third kappa shape index (κ3) is 4.59. The van der Waals surface area contributed by atoms with E-state index < -0.39 is 0 Å². The Kier molecular flexibility index (Phi) is 6.36.